The van der Waals surface area contributed by atoms with Crippen molar-refractivity contribution in [3.05, 3.63) is 29.8 Å². The number of nitrogens with zero attached hydrogens (tertiary/aromatic N) is 1. The van der Waals surface area contributed by atoms with Crippen LogP contribution in [0.3, 0.4) is 0 Å². The molecule has 0 aliphatic carbocycles. The first kappa shape index (κ1) is 16.8. The lowest BCUT2D eigenvalue weighted by Gasteiger charge is -2.23. The summed E-state index contributed by atoms with van der Waals surface area (Å²) < 4.78 is 10.6. The highest BCUT2D eigenvalue weighted by Gasteiger charge is 2.18. The molecule has 0 radical (unpaired) electrons. The van der Waals surface area contributed by atoms with Gasteiger partial charge in [-0.1, -0.05) is 12.1 Å². The zero-order chi connectivity index (χ0) is 15.8. The van der Waals surface area contributed by atoms with Gasteiger partial charge in [0.15, 0.2) is 0 Å². The van der Waals surface area contributed by atoms with E-state index in [0.717, 1.165) is 24.4 Å². The average molecular weight is 306 g/mol. The summed E-state index contributed by atoms with van der Waals surface area (Å²) >= 11 is 0. The molecule has 1 aliphatic rings. The van der Waals surface area contributed by atoms with E-state index >= 15 is 0 Å². The lowest BCUT2D eigenvalue weighted by molar-refractivity contribution is -0.126. The van der Waals surface area contributed by atoms with Gasteiger partial charge in [-0.05, 0) is 50.6 Å². The third-order valence-corrected chi connectivity index (χ3v) is 3.99. The van der Waals surface area contributed by atoms with Gasteiger partial charge in [-0.3, -0.25) is 9.69 Å². The second-order valence-corrected chi connectivity index (χ2v) is 5.74. The number of carbonyl (C=O) groups is 1. The predicted octanol–water partition coefficient (Wildman–Crippen LogP) is 1.81. The number of benzene rings is 1. The molecule has 1 aliphatic heterocycles. The number of hydrogen-bond donors (Lipinski definition) is 1. The second kappa shape index (κ2) is 8.76. The van der Waals surface area contributed by atoms with Crippen LogP contribution in [0.2, 0.25) is 0 Å². The zero-order valence-electron chi connectivity index (χ0n) is 13.5. The molecule has 0 saturated carbocycles. The number of amides is 1. The van der Waals surface area contributed by atoms with Crippen LogP contribution in [0, 0.1) is 0 Å². The molecule has 1 fully saturated rings. The van der Waals surface area contributed by atoms with Crippen molar-refractivity contribution in [3.63, 3.8) is 0 Å². The molecule has 5 heteroatoms. The lowest BCUT2D eigenvalue weighted by Crippen LogP contribution is -2.41. The Bertz CT molecular complexity index is 473. The largest absolute Gasteiger partial charge is 0.497 e. The van der Waals surface area contributed by atoms with Gasteiger partial charge in [0.2, 0.25) is 5.91 Å². The second-order valence-electron chi connectivity index (χ2n) is 5.74. The van der Waals surface area contributed by atoms with Crippen LogP contribution in [0.25, 0.3) is 0 Å². The summed E-state index contributed by atoms with van der Waals surface area (Å²) in [5.74, 6) is 0.735. The summed E-state index contributed by atoms with van der Waals surface area (Å²) in [4.78, 5) is 14.2. The fraction of sp³-hybridized carbons (Fsp3) is 0.588. The molecule has 1 aromatic rings. The van der Waals surface area contributed by atoms with Crippen molar-refractivity contribution in [3.8, 4) is 5.75 Å². The molecule has 0 bridgehead atoms. The fourth-order valence-electron chi connectivity index (χ4n) is 2.65. The van der Waals surface area contributed by atoms with Crippen molar-refractivity contribution in [2.45, 2.75) is 32.4 Å². The molecule has 0 spiro atoms. The van der Waals surface area contributed by atoms with Crippen molar-refractivity contribution in [2.24, 2.45) is 0 Å². The van der Waals surface area contributed by atoms with Crippen LogP contribution in [0.1, 0.15) is 25.3 Å². The number of hydrogen-bond acceptors (Lipinski definition) is 4. The highest BCUT2D eigenvalue weighted by atomic mass is 16.5. The summed E-state index contributed by atoms with van der Waals surface area (Å²) in [6.07, 6.45) is 2.53. The maximum Gasteiger partial charge on any atom is 0.246 e. The van der Waals surface area contributed by atoms with E-state index in [9.17, 15) is 4.79 Å². The Hall–Kier alpha value is -1.59. The minimum Gasteiger partial charge on any atom is -0.497 e. The summed E-state index contributed by atoms with van der Waals surface area (Å²) in [5, 5.41) is 2.94. The minimum absolute atomic E-state index is 0.0612. The minimum atomic E-state index is -0.0612. The van der Waals surface area contributed by atoms with Crippen LogP contribution >= 0.6 is 0 Å². The van der Waals surface area contributed by atoms with Gasteiger partial charge < -0.3 is 14.8 Å². The van der Waals surface area contributed by atoms with E-state index in [1.54, 1.807) is 7.11 Å². The van der Waals surface area contributed by atoms with Crippen LogP contribution in [0.5, 0.6) is 5.75 Å². The highest BCUT2D eigenvalue weighted by molar-refractivity contribution is 5.77. The van der Waals surface area contributed by atoms with E-state index in [-0.39, 0.29) is 12.5 Å². The molecule has 22 heavy (non-hydrogen) atoms. The van der Waals surface area contributed by atoms with E-state index in [2.05, 4.69) is 17.1 Å². The summed E-state index contributed by atoms with van der Waals surface area (Å²) in [6.45, 7) is 5.62. The van der Waals surface area contributed by atoms with Crippen LogP contribution in [0.15, 0.2) is 24.3 Å². The molecule has 1 heterocycles. The summed E-state index contributed by atoms with van der Waals surface area (Å²) in [6, 6.07) is 8.05. The Labute approximate surface area is 132 Å². The summed E-state index contributed by atoms with van der Waals surface area (Å²) in [7, 11) is 1.63. The maximum atomic E-state index is 11.8. The van der Waals surface area contributed by atoms with Gasteiger partial charge in [-0.15, -0.1) is 0 Å². The Kier molecular flexibility index (Phi) is 6.68. The first-order chi connectivity index (χ1) is 10.7. The first-order valence-corrected chi connectivity index (χ1v) is 7.90. The van der Waals surface area contributed by atoms with E-state index < -0.39 is 0 Å². The van der Waals surface area contributed by atoms with Crippen LogP contribution in [0.4, 0.5) is 0 Å². The van der Waals surface area contributed by atoms with E-state index in [4.69, 9.17) is 9.47 Å². The van der Waals surface area contributed by atoms with E-state index in [1.807, 2.05) is 24.3 Å². The third-order valence-electron chi connectivity index (χ3n) is 3.99. The van der Waals surface area contributed by atoms with Gasteiger partial charge in [0.05, 0.1) is 13.7 Å². The van der Waals surface area contributed by atoms with Crippen LogP contribution < -0.4 is 10.1 Å². The Morgan fingerprint density at radius 2 is 2.14 bits per heavy atom. The number of nitrogens with one attached hydrogen (secondary N) is 1. The van der Waals surface area contributed by atoms with Crippen molar-refractivity contribution in [1.82, 2.24) is 10.2 Å². The average Bonchev–Trinajstić information content (AvgIpc) is 3.07. The first-order valence-electron chi connectivity index (χ1n) is 7.90. The number of rotatable bonds is 8. The van der Waals surface area contributed by atoms with Crippen molar-refractivity contribution < 1.29 is 14.3 Å². The Morgan fingerprint density at radius 3 is 2.86 bits per heavy atom. The van der Waals surface area contributed by atoms with Gasteiger partial charge in [0.25, 0.3) is 0 Å². The molecule has 1 amide bonds. The van der Waals surface area contributed by atoms with Crippen LogP contribution in [-0.2, 0) is 16.1 Å². The van der Waals surface area contributed by atoms with Gasteiger partial charge >= 0.3 is 0 Å². The maximum absolute atomic E-state index is 11.8. The number of ether oxygens (including phenoxy) is 2. The lowest BCUT2D eigenvalue weighted by atomic mass is 10.2. The van der Waals surface area contributed by atoms with Crippen molar-refractivity contribution in [2.75, 3.05) is 33.4 Å². The molecular weight excluding hydrogens is 280 g/mol. The van der Waals surface area contributed by atoms with Gasteiger partial charge in [-0.25, -0.2) is 0 Å². The molecule has 5 nitrogen and oxygen atoms in total. The Balaban J connectivity index is 1.62. The molecule has 1 N–H and O–H groups in total. The Morgan fingerprint density at radius 1 is 1.36 bits per heavy atom. The molecule has 2 rings (SSSR count). The quantitative estimate of drug-likeness (QED) is 0.796. The van der Waals surface area contributed by atoms with Crippen molar-refractivity contribution >= 4 is 5.91 Å². The topological polar surface area (TPSA) is 50.8 Å². The molecule has 1 aromatic carbocycles. The van der Waals surface area contributed by atoms with E-state index in [1.165, 1.54) is 12.8 Å². The monoisotopic (exact) mass is 306 g/mol. The normalized spacial score (nSPS) is 16.5. The molecule has 1 atom stereocenters. The predicted molar refractivity (Wildman–Crippen MR) is 85.9 cm³/mol. The smallest absolute Gasteiger partial charge is 0.246 e. The van der Waals surface area contributed by atoms with Crippen molar-refractivity contribution in [1.29, 1.82) is 0 Å². The van der Waals surface area contributed by atoms with Gasteiger partial charge in [-0.2, -0.15) is 0 Å². The molecule has 0 unspecified atom stereocenters. The number of carbonyl (C=O) groups excluding carboxylic acids is 1. The zero-order valence-corrected chi connectivity index (χ0v) is 13.5. The van der Waals surface area contributed by atoms with Gasteiger partial charge in [0.1, 0.15) is 12.4 Å². The highest BCUT2D eigenvalue weighted by Crippen LogP contribution is 2.13. The molecule has 1 saturated heterocycles. The van der Waals surface area contributed by atoms with E-state index in [0.29, 0.717) is 19.2 Å². The molecule has 0 aromatic heterocycles. The standard InChI is InChI=1S/C17H26N2O3/c1-14(19-8-3-4-9-19)11-18-17(20)13-22-12-15-6-5-7-16(10-15)21-2/h5-7,10,14H,3-4,8-9,11-13H2,1-2H3,(H,18,20)/t14-/m0/s1. The summed E-state index contributed by atoms with van der Waals surface area (Å²) in [5.41, 5.74) is 0.998. The molecule has 122 valence electrons. The van der Waals surface area contributed by atoms with Gasteiger partial charge in [0, 0.05) is 12.6 Å². The third kappa shape index (κ3) is 5.31. The van der Waals surface area contributed by atoms with Crippen LogP contribution in [-0.4, -0.2) is 50.2 Å². The fourth-order valence-corrected chi connectivity index (χ4v) is 2.65. The molecular formula is C17H26N2O3. The SMILES string of the molecule is COc1cccc(COCC(=O)NC[C@H](C)N2CCCC2)c1. The number of methoxy groups -OCH3 is 1. The number of likely N-dealkylation sites (tertiary alicyclic amines) is 1.